The average molecular weight is 233 g/mol. The lowest BCUT2D eigenvalue weighted by Gasteiger charge is -2.11. The van der Waals surface area contributed by atoms with Gasteiger partial charge in [-0.05, 0) is 12.1 Å². The van der Waals surface area contributed by atoms with Crippen LogP contribution >= 0.6 is 0 Å². The zero-order chi connectivity index (χ0) is 12.7. The van der Waals surface area contributed by atoms with Crippen LogP contribution in [-0.2, 0) is 4.74 Å². The molecule has 0 aliphatic rings. The third kappa shape index (κ3) is 3.38. The largest absolute Gasteiger partial charge is 0.486 e. The van der Waals surface area contributed by atoms with Crippen LogP contribution in [-0.4, -0.2) is 19.2 Å². The van der Waals surface area contributed by atoms with Crippen LogP contribution in [0.1, 0.15) is 10.4 Å². The molecule has 1 aromatic rings. The molecular formula is C13H15NO3. The number of nitrogens with two attached hydrogens (primary N) is 1. The average Bonchev–Trinajstić information content (AvgIpc) is 2.34. The Hall–Kier alpha value is -2.23. The summed E-state index contributed by atoms with van der Waals surface area (Å²) in [7, 11) is 0. The molecule has 17 heavy (non-hydrogen) atoms. The Labute approximate surface area is 100 Å². The molecule has 0 aliphatic heterocycles. The first-order valence-corrected chi connectivity index (χ1v) is 5.11. The molecule has 0 heterocycles. The SMILES string of the molecule is C=CCOC(=O)c1cccc(N)c1OCC=C. The smallest absolute Gasteiger partial charge is 0.342 e. The number of hydrogen-bond acceptors (Lipinski definition) is 4. The van der Waals surface area contributed by atoms with Gasteiger partial charge in [0.2, 0.25) is 0 Å². The number of carbonyl (C=O) groups excluding carboxylic acids is 1. The molecule has 2 N–H and O–H groups in total. The van der Waals surface area contributed by atoms with Gasteiger partial charge in [0.15, 0.2) is 5.75 Å². The maximum atomic E-state index is 11.7. The molecule has 0 saturated heterocycles. The highest BCUT2D eigenvalue weighted by Crippen LogP contribution is 2.27. The minimum atomic E-state index is -0.490. The Balaban J connectivity index is 2.96. The number of para-hydroxylation sites is 1. The van der Waals surface area contributed by atoms with E-state index < -0.39 is 5.97 Å². The minimum Gasteiger partial charge on any atom is -0.486 e. The van der Waals surface area contributed by atoms with Crippen molar-refractivity contribution in [2.45, 2.75) is 0 Å². The fourth-order valence-electron chi connectivity index (χ4n) is 1.23. The van der Waals surface area contributed by atoms with E-state index in [9.17, 15) is 4.79 Å². The normalized spacial score (nSPS) is 9.41. The molecule has 0 spiro atoms. The van der Waals surface area contributed by atoms with E-state index >= 15 is 0 Å². The first kappa shape index (κ1) is 12.8. The molecule has 0 radical (unpaired) electrons. The van der Waals surface area contributed by atoms with Crippen molar-refractivity contribution in [3.8, 4) is 5.75 Å². The minimum absolute atomic E-state index is 0.147. The lowest BCUT2D eigenvalue weighted by atomic mass is 10.1. The summed E-state index contributed by atoms with van der Waals surface area (Å²) < 4.78 is 10.3. The lowest BCUT2D eigenvalue weighted by Crippen LogP contribution is -2.09. The first-order valence-electron chi connectivity index (χ1n) is 5.11. The Kier molecular flexibility index (Phi) is 4.81. The highest BCUT2D eigenvalue weighted by molar-refractivity contribution is 5.94. The summed E-state index contributed by atoms with van der Waals surface area (Å²) >= 11 is 0. The number of esters is 1. The Morgan fingerprint density at radius 3 is 2.65 bits per heavy atom. The van der Waals surface area contributed by atoms with Crippen molar-refractivity contribution in [1.29, 1.82) is 0 Å². The second-order valence-corrected chi connectivity index (χ2v) is 3.21. The maximum Gasteiger partial charge on any atom is 0.342 e. The van der Waals surface area contributed by atoms with Gasteiger partial charge in [0.05, 0.1) is 5.69 Å². The number of ether oxygens (including phenoxy) is 2. The van der Waals surface area contributed by atoms with E-state index in [0.717, 1.165) is 0 Å². The van der Waals surface area contributed by atoms with E-state index in [2.05, 4.69) is 13.2 Å². The van der Waals surface area contributed by atoms with E-state index in [1.165, 1.54) is 6.08 Å². The third-order valence-electron chi connectivity index (χ3n) is 1.94. The molecule has 0 unspecified atom stereocenters. The van der Waals surface area contributed by atoms with Gasteiger partial charge >= 0.3 is 5.97 Å². The second-order valence-electron chi connectivity index (χ2n) is 3.21. The number of anilines is 1. The summed E-state index contributed by atoms with van der Waals surface area (Å²) in [5.41, 5.74) is 6.43. The molecule has 0 saturated carbocycles. The van der Waals surface area contributed by atoms with Crippen LogP contribution in [0, 0.1) is 0 Å². The van der Waals surface area contributed by atoms with Gasteiger partial charge in [-0.2, -0.15) is 0 Å². The van der Waals surface area contributed by atoms with Gasteiger partial charge in [0.25, 0.3) is 0 Å². The Bertz CT molecular complexity index is 427. The highest BCUT2D eigenvalue weighted by Gasteiger charge is 2.15. The highest BCUT2D eigenvalue weighted by atomic mass is 16.5. The van der Waals surface area contributed by atoms with Crippen molar-refractivity contribution in [2.24, 2.45) is 0 Å². The fourth-order valence-corrected chi connectivity index (χ4v) is 1.23. The number of benzene rings is 1. The van der Waals surface area contributed by atoms with Crippen LogP contribution in [0.25, 0.3) is 0 Å². The molecule has 0 aliphatic carbocycles. The monoisotopic (exact) mass is 233 g/mol. The van der Waals surface area contributed by atoms with Gasteiger partial charge in [-0.15, -0.1) is 0 Å². The summed E-state index contributed by atoms with van der Waals surface area (Å²) in [5.74, 6) is -0.169. The molecular weight excluding hydrogens is 218 g/mol. The van der Waals surface area contributed by atoms with Crippen LogP contribution < -0.4 is 10.5 Å². The van der Waals surface area contributed by atoms with Gasteiger partial charge in [0, 0.05) is 0 Å². The molecule has 0 amide bonds. The molecule has 4 heteroatoms. The third-order valence-corrected chi connectivity index (χ3v) is 1.94. The van der Waals surface area contributed by atoms with Crippen molar-refractivity contribution < 1.29 is 14.3 Å². The number of rotatable bonds is 6. The molecule has 0 fully saturated rings. The Morgan fingerprint density at radius 1 is 1.29 bits per heavy atom. The molecule has 1 rings (SSSR count). The van der Waals surface area contributed by atoms with Crippen molar-refractivity contribution in [2.75, 3.05) is 18.9 Å². The van der Waals surface area contributed by atoms with Crippen LogP contribution in [0.2, 0.25) is 0 Å². The van der Waals surface area contributed by atoms with Crippen molar-refractivity contribution >= 4 is 11.7 Å². The van der Waals surface area contributed by atoms with Crippen molar-refractivity contribution in [1.82, 2.24) is 0 Å². The summed E-state index contributed by atoms with van der Waals surface area (Å²) in [6, 6.07) is 4.92. The van der Waals surface area contributed by atoms with E-state index in [4.69, 9.17) is 15.2 Å². The van der Waals surface area contributed by atoms with E-state index in [-0.39, 0.29) is 13.2 Å². The quantitative estimate of drug-likeness (QED) is 0.464. The number of hydrogen-bond donors (Lipinski definition) is 1. The predicted octanol–water partition coefficient (Wildman–Crippen LogP) is 2.18. The standard InChI is InChI=1S/C13H15NO3/c1-3-8-16-12-10(6-5-7-11(12)14)13(15)17-9-4-2/h3-7H,1-2,8-9,14H2. The van der Waals surface area contributed by atoms with E-state index in [1.54, 1.807) is 24.3 Å². The zero-order valence-electron chi connectivity index (χ0n) is 9.52. The van der Waals surface area contributed by atoms with Crippen LogP contribution in [0.15, 0.2) is 43.5 Å². The van der Waals surface area contributed by atoms with Gasteiger partial charge in [-0.1, -0.05) is 31.4 Å². The summed E-state index contributed by atoms with van der Waals surface area (Å²) in [6.07, 6.45) is 3.07. The summed E-state index contributed by atoms with van der Waals surface area (Å²) in [4.78, 5) is 11.7. The van der Waals surface area contributed by atoms with Crippen molar-refractivity contribution in [3.05, 3.63) is 49.1 Å². The van der Waals surface area contributed by atoms with Gasteiger partial charge in [-0.3, -0.25) is 0 Å². The lowest BCUT2D eigenvalue weighted by molar-refractivity contribution is 0.0545. The molecule has 0 aromatic heterocycles. The molecule has 90 valence electrons. The number of carbonyl (C=O) groups is 1. The molecule has 1 aromatic carbocycles. The van der Waals surface area contributed by atoms with Gasteiger partial charge in [-0.25, -0.2) is 4.79 Å². The maximum absolute atomic E-state index is 11.7. The van der Waals surface area contributed by atoms with Gasteiger partial charge < -0.3 is 15.2 Å². The zero-order valence-corrected chi connectivity index (χ0v) is 9.52. The topological polar surface area (TPSA) is 61.5 Å². The summed E-state index contributed by atoms with van der Waals surface area (Å²) in [5, 5.41) is 0. The predicted molar refractivity (Wildman–Crippen MR) is 67.0 cm³/mol. The van der Waals surface area contributed by atoms with Gasteiger partial charge in [0.1, 0.15) is 18.8 Å². The molecule has 4 nitrogen and oxygen atoms in total. The van der Waals surface area contributed by atoms with Crippen LogP contribution in [0.4, 0.5) is 5.69 Å². The van der Waals surface area contributed by atoms with Crippen molar-refractivity contribution in [3.63, 3.8) is 0 Å². The Morgan fingerprint density at radius 2 is 2.00 bits per heavy atom. The van der Waals surface area contributed by atoms with Crippen LogP contribution in [0.3, 0.4) is 0 Å². The van der Waals surface area contributed by atoms with E-state index in [1.807, 2.05) is 0 Å². The second kappa shape index (κ2) is 6.37. The molecule has 0 bridgehead atoms. The first-order chi connectivity index (χ1) is 8.20. The summed E-state index contributed by atoms with van der Waals surface area (Å²) in [6.45, 7) is 7.42. The fraction of sp³-hybridized carbons (Fsp3) is 0.154. The molecule has 0 atom stereocenters. The van der Waals surface area contributed by atoms with Crippen LogP contribution in [0.5, 0.6) is 5.75 Å². The van der Waals surface area contributed by atoms with E-state index in [0.29, 0.717) is 17.0 Å². The number of nitrogen functional groups attached to an aromatic ring is 1.